The maximum Gasteiger partial charge on any atom is 0.408 e. The second kappa shape index (κ2) is 19.8. The Morgan fingerprint density at radius 3 is 2.12 bits per heavy atom. The van der Waals surface area contributed by atoms with Gasteiger partial charge in [0.15, 0.2) is 23.3 Å². The third-order valence-corrected chi connectivity index (χ3v) is 15.3. The first-order valence-corrected chi connectivity index (χ1v) is 24.1. The van der Waals surface area contributed by atoms with Crippen LogP contribution < -0.4 is 5.32 Å². The summed E-state index contributed by atoms with van der Waals surface area (Å²) in [5.41, 5.74) is -7.73. The summed E-state index contributed by atoms with van der Waals surface area (Å²) in [6.07, 6.45) is -9.99. The molecule has 1 aliphatic heterocycles. The van der Waals surface area contributed by atoms with Gasteiger partial charge >= 0.3 is 24.0 Å². The van der Waals surface area contributed by atoms with Crippen LogP contribution in [0.15, 0.2) is 71.8 Å². The number of Topliss-reactive ketones (excluding diaryl/α,β-unsaturated/α-hetero) is 3. The number of thioether (sulfide) groups is 1. The van der Waals surface area contributed by atoms with E-state index in [2.05, 4.69) is 5.32 Å². The molecule has 0 unspecified atom stereocenters. The number of hydrogen-bond donors (Lipinski definition) is 4. The van der Waals surface area contributed by atoms with Gasteiger partial charge in [0.25, 0.3) is 0 Å². The number of aliphatic hydroxyl groups is 3. The first-order valence-electron chi connectivity index (χ1n) is 23.0. The number of amides is 1. The van der Waals surface area contributed by atoms with Crippen LogP contribution in [-0.2, 0) is 47.7 Å². The van der Waals surface area contributed by atoms with Crippen molar-refractivity contribution >= 4 is 53.1 Å². The van der Waals surface area contributed by atoms with Gasteiger partial charge < -0.3 is 44.3 Å². The van der Waals surface area contributed by atoms with Crippen molar-refractivity contribution in [2.24, 2.45) is 28.6 Å². The number of aliphatic hydroxyl groups excluding tert-OH is 2. The van der Waals surface area contributed by atoms with Gasteiger partial charge in [0.2, 0.25) is 0 Å². The summed E-state index contributed by atoms with van der Waals surface area (Å²) in [5.74, 6) is -7.47. The number of nitrogens with one attached hydrogen (secondary N) is 1. The summed E-state index contributed by atoms with van der Waals surface area (Å²) in [6, 6.07) is 15.0. The average molecular weight is 964 g/mol. The van der Waals surface area contributed by atoms with Crippen LogP contribution in [-0.4, -0.2) is 122 Å². The van der Waals surface area contributed by atoms with Crippen molar-refractivity contribution in [1.29, 1.82) is 0 Å². The van der Waals surface area contributed by atoms with E-state index in [9.17, 15) is 44.1 Å². The normalized spacial score (nSPS) is 30.5. The second-order valence-corrected chi connectivity index (χ2v) is 21.5. The standard InChI is InChI=1S/C51H65NO15S/c1-27(2)34(55)24-68-25-38(56)65-36-22-37-50(26-63-37,66-29(4)53)43-32(21-33(54)30-17-13-11-14-18-30)51(62)23-35(28(3)39(48(51,8)9)41(57)44(59)49(36,43)10)64-45(60)42(58)40(31-19-15-12-16-20-31)52-46(61)67-47(5,6)7/h11-20,27,32,35-37,40-43,57-58,62H,21-26H2,1-10H3,(H,52,61)/t32-,35-,36-,37+,40-,41+,42+,43-,49+,50-,51+/m0/s1. The molecule has 3 fully saturated rings. The number of esters is 3. The summed E-state index contributed by atoms with van der Waals surface area (Å²) in [7, 11) is 0. The average Bonchev–Trinajstić information content (AvgIpc) is 3.25. The van der Waals surface area contributed by atoms with Crippen LogP contribution in [0.3, 0.4) is 0 Å². The summed E-state index contributed by atoms with van der Waals surface area (Å²) in [4.78, 5) is 97.1. The fourth-order valence-electron chi connectivity index (χ4n) is 10.9. The fourth-order valence-corrected chi connectivity index (χ4v) is 11.8. The number of rotatable bonds is 15. The van der Waals surface area contributed by atoms with Gasteiger partial charge in [0, 0.05) is 54.9 Å². The number of ketones is 3. The van der Waals surface area contributed by atoms with Crippen LogP contribution >= 0.6 is 11.8 Å². The molecule has 16 nitrogen and oxygen atoms in total. The Hall–Kier alpha value is -4.94. The van der Waals surface area contributed by atoms with Crippen molar-refractivity contribution in [3.63, 3.8) is 0 Å². The molecule has 4 N–H and O–H groups in total. The molecule has 11 atom stereocenters. The Kier molecular flexibility index (Phi) is 15.3. The molecule has 3 aliphatic carbocycles. The lowest BCUT2D eigenvalue weighted by Crippen LogP contribution is -2.80. The molecule has 2 saturated carbocycles. The number of ether oxygens (including phenoxy) is 5. The van der Waals surface area contributed by atoms with Crippen molar-refractivity contribution in [3.05, 3.63) is 82.9 Å². The van der Waals surface area contributed by atoms with Gasteiger partial charge in [0.05, 0.1) is 35.2 Å². The maximum absolute atomic E-state index is 15.7. The molecule has 0 spiro atoms. The highest BCUT2D eigenvalue weighted by atomic mass is 32.2. The zero-order valence-corrected chi connectivity index (χ0v) is 41.2. The molecular weight excluding hydrogens is 899 g/mol. The molecule has 0 radical (unpaired) electrons. The third kappa shape index (κ3) is 9.91. The molecule has 4 aliphatic rings. The van der Waals surface area contributed by atoms with Crippen molar-refractivity contribution in [1.82, 2.24) is 5.32 Å². The third-order valence-electron chi connectivity index (χ3n) is 14.4. The van der Waals surface area contributed by atoms with Gasteiger partial charge in [-0.05, 0) is 51.3 Å². The topological polar surface area (TPSA) is 238 Å². The largest absolute Gasteiger partial charge is 0.461 e. The van der Waals surface area contributed by atoms with Crippen molar-refractivity contribution in [2.75, 3.05) is 18.1 Å². The number of benzene rings is 2. The predicted molar refractivity (Wildman–Crippen MR) is 248 cm³/mol. The molecule has 6 rings (SSSR count). The highest BCUT2D eigenvalue weighted by Crippen LogP contribution is 2.66. The van der Waals surface area contributed by atoms with E-state index >= 15 is 4.79 Å². The van der Waals surface area contributed by atoms with Crippen molar-refractivity contribution in [3.8, 4) is 0 Å². The van der Waals surface area contributed by atoms with Gasteiger partial charge in [0.1, 0.15) is 35.8 Å². The smallest absolute Gasteiger partial charge is 0.408 e. The quantitative estimate of drug-likeness (QED) is 0.0753. The summed E-state index contributed by atoms with van der Waals surface area (Å²) in [5, 5.41) is 40.8. The SMILES string of the molecule is CC(=O)O[C@@]12CO[C@@H]1C[C@H](OC(=O)CSCC(=O)C(C)C)[C@@]1(C)C(=O)[C@H](O)C3=C(C)[C@@H](OC(=O)[C@H](O)[C@@H](NC(=O)OC(C)(C)C)c4ccccc4)C[C@@](O)([C@@H](CC(=O)c4ccccc4)[C@H]21)C3(C)C. The molecule has 1 heterocycles. The van der Waals surface area contributed by atoms with E-state index in [0.29, 0.717) is 5.56 Å². The number of carbonyl (C=O) groups is 7. The molecular formula is C51H65NO15S. The van der Waals surface area contributed by atoms with E-state index < -0.39 is 124 Å². The first kappa shape index (κ1) is 52.4. The monoisotopic (exact) mass is 963 g/mol. The van der Waals surface area contributed by atoms with Crippen LogP contribution in [0.4, 0.5) is 4.79 Å². The van der Waals surface area contributed by atoms with Crippen LogP contribution in [0.5, 0.6) is 0 Å². The number of fused-ring (bicyclic) bond motifs is 5. The number of alkyl carbamates (subject to hydrolysis) is 1. The molecule has 68 heavy (non-hydrogen) atoms. The molecule has 1 amide bonds. The molecule has 370 valence electrons. The Balaban J connectivity index is 1.50. The van der Waals surface area contributed by atoms with Gasteiger partial charge in [-0.1, -0.05) is 88.4 Å². The lowest BCUT2D eigenvalue weighted by atomic mass is 9.41. The minimum Gasteiger partial charge on any atom is -0.461 e. The summed E-state index contributed by atoms with van der Waals surface area (Å²) < 4.78 is 30.0. The fraction of sp³-hybridized carbons (Fsp3) is 0.588. The highest BCUT2D eigenvalue weighted by Gasteiger charge is 2.77. The highest BCUT2D eigenvalue weighted by molar-refractivity contribution is 8.00. The minimum atomic E-state index is -2.23. The van der Waals surface area contributed by atoms with E-state index in [1.54, 1.807) is 109 Å². The van der Waals surface area contributed by atoms with E-state index in [4.69, 9.17) is 23.7 Å². The second-order valence-electron chi connectivity index (χ2n) is 20.6. The molecule has 17 heteroatoms. The van der Waals surface area contributed by atoms with Crippen molar-refractivity contribution in [2.45, 2.75) is 142 Å². The Morgan fingerprint density at radius 2 is 1.56 bits per heavy atom. The van der Waals surface area contributed by atoms with E-state index in [0.717, 1.165) is 11.8 Å². The maximum atomic E-state index is 15.7. The lowest BCUT2D eigenvalue weighted by Gasteiger charge is -2.68. The molecule has 1 saturated heterocycles. The zero-order chi connectivity index (χ0) is 50.3. The van der Waals surface area contributed by atoms with Crippen LogP contribution in [0.1, 0.15) is 110 Å². The van der Waals surface area contributed by atoms with E-state index in [1.165, 1.54) is 20.8 Å². The Morgan fingerprint density at radius 1 is 0.941 bits per heavy atom. The van der Waals surface area contributed by atoms with Crippen molar-refractivity contribution < 1.29 is 72.6 Å². The Labute approximate surface area is 401 Å². The molecule has 0 aromatic heterocycles. The molecule has 2 aromatic carbocycles. The van der Waals surface area contributed by atoms with Gasteiger partial charge in [-0.25, -0.2) is 9.59 Å². The van der Waals surface area contributed by atoms with Gasteiger partial charge in [-0.2, -0.15) is 0 Å². The Bertz CT molecular complexity index is 2310. The zero-order valence-electron chi connectivity index (χ0n) is 40.4. The van der Waals surface area contributed by atoms with Crippen LogP contribution in [0.2, 0.25) is 0 Å². The lowest BCUT2D eigenvalue weighted by molar-refractivity contribution is -0.340. The van der Waals surface area contributed by atoms with Gasteiger partial charge in [-0.3, -0.25) is 24.0 Å². The number of carbonyl (C=O) groups excluding carboxylic acids is 7. The predicted octanol–water partition coefficient (Wildman–Crippen LogP) is 5.43. The minimum absolute atomic E-state index is 0.0332. The summed E-state index contributed by atoms with van der Waals surface area (Å²) in [6.45, 7) is 15.6. The molecule has 2 bridgehead atoms. The first-order chi connectivity index (χ1) is 31.7. The van der Waals surface area contributed by atoms with Crippen LogP contribution in [0, 0.1) is 28.6 Å². The van der Waals surface area contributed by atoms with E-state index in [-0.39, 0.29) is 52.9 Å². The summed E-state index contributed by atoms with van der Waals surface area (Å²) >= 11 is 1.04. The van der Waals surface area contributed by atoms with Gasteiger partial charge in [-0.15, -0.1) is 11.8 Å². The number of hydrogen-bond acceptors (Lipinski definition) is 16. The molecule has 2 aromatic rings. The van der Waals surface area contributed by atoms with Crippen LogP contribution in [0.25, 0.3) is 0 Å². The van der Waals surface area contributed by atoms with E-state index in [1.807, 2.05) is 0 Å².